The molecule has 0 aromatic heterocycles. The first kappa shape index (κ1) is 27.7. The number of hydrogen-bond acceptors (Lipinski definition) is 4. The molecule has 3 N–H and O–H groups in total. The van der Waals surface area contributed by atoms with Crippen LogP contribution in [0.3, 0.4) is 0 Å². The van der Waals surface area contributed by atoms with Gasteiger partial charge in [-0.25, -0.2) is 4.79 Å². The lowest BCUT2D eigenvalue weighted by atomic mass is 9.86. The van der Waals surface area contributed by atoms with Crippen molar-refractivity contribution in [1.82, 2.24) is 10.6 Å². The number of amides is 4. The number of nitrogens with one attached hydrogen (secondary N) is 3. The van der Waals surface area contributed by atoms with Gasteiger partial charge in [0.05, 0.1) is 7.11 Å². The van der Waals surface area contributed by atoms with Gasteiger partial charge in [-0.1, -0.05) is 48.0 Å². The van der Waals surface area contributed by atoms with Gasteiger partial charge in [0.25, 0.3) is 0 Å². The molecule has 4 rings (SSSR count). The number of fused-ring (bicyclic) bond motifs is 1. The fourth-order valence-electron chi connectivity index (χ4n) is 4.80. The zero-order valence-electron chi connectivity index (χ0n) is 23.1. The summed E-state index contributed by atoms with van der Waals surface area (Å²) in [5, 5.41) is 8.64. The van der Waals surface area contributed by atoms with Crippen LogP contribution in [0.4, 0.5) is 16.2 Å². The molecular formula is C31H36N4O4. The summed E-state index contributed by atoms with van der Waals surface area (Å²) in [5.74, 6) is -0.244. The molecule has 0 bridgehead atoms. The minimum absolute atomic E-state index is 0.186. The molecule has 0 fully saturated rings. The van der Waals surface area contributed by atoms with Crippen molar-refractivity contribution in [3.05, 3.63) is 89.5 Å². The molecule has 3 aromatic rings. The summed E-state index contributed by atoms with van der Waals surface area (Å²) < 4.78 is 5.52. The van der Waals surface area contributed by atoms with E-state index in [-0.39, 0.29) is 24.3 Å². The van der Waals surface area contributed by atoms with E-state index in [1.807, 2.05) is 88.4 Å². The van der Waals surface area contributed by atoms with Crippen molar-refractivity contribution < 1.29 is 19.1 Å². The molecule has 0 saturated heterocycles. The van der Waals surface area contributed by atoms with Gasteiger partial charge in [-0.15, -0.1) is 0 Å². The Kier molecular flexibility index (Phi) is 8.24. The quantitative estimate of drug-likeness (QED) is 0.420. The summed E-state index contributed by atoms with van der Waals surface area (Å²) in [5.41, 5.74) is 3.68. The number of nitrogens with zero attached hydrogens (tertiary/aromatic N) is 1. The molecule has 1 aliphatic heterocycles. The van der Waals surface area contributed by atoms with E-state index >= 15 is 0 Å². The lowest BCUT2D eigenvalue weighted by molar-refractivity contribution is -0.125. The maximum Gasteiger partial charge on any atom is 0.319 e. The van der Waals surface area contributed by atoms with E-state index in [4.69, 9.17) is 4.74 Å². The lowest BCUT2D eigenvalue weighted by Gasteiger charge is -2.28. The van der Waals surface area contributed by atoms with E-state index in [0.717, 1.165) is 16.7 Å². The molecule has 39 heavy (non-hydrogen) atoms. The number of benzene rings is 3. The van der Waals surface area contributed by atoms with Crippen LogP contribution in [0.5, 0.6) is 5.75 Å². The van der Waals surface area contributed by atoms with Crippen molar-refractivity contribution in [2.45, 2.75) is 51.6 Å². The monoisotopic (exact) mass is 528 g/mol. The number of ether oxygens (including phenoxy) is 1. The highest BCUT2D eigenvalue weighted by atomic mass is 16.5. The van der Waals surface area contributed by atoms with Crippen LogP contribution in [0.25, 0.3) is 0 Å². The number of carbonyl (C=O) groups is 3. The molecule has 0 saturated carbocycles. The Bertz CT molecular complexity index is 1330. The normalized spacial score (nSPS) is 17.1. The number of methoxy groups -OCH3 is 1. The topological polar surface area (TPSA) is 99.8 Å². The smallest absolute Gasteiger partial charge is 0.319 e. The Morgan fingerprint density at radius 1 is 1.00 bits per heavy atom. The van der Waals surface area contributed by atoms with Crippen LogP contribution >= 0.6 is 0 Å². The summed E-state index contributed by atoms with van der Waals surface area (Å²) in [6.07, 6.45) is 0.307. The first-order valence-electron chi connectivity index (χ1n) is 13.0. The number of urea groups is 1. The van der Waals surface area contributed by atoms with Crippen LogP contribution in [0.15, 0.2) is 72.8 Å². The van der Waals surface area contributed by atoms with Gasteiger partial charge in [0.2, 0.25) is 11.8 Å². The predicted molar refractivity (Wildman–Crippen MR) is 153 cm³/mol. The van der Waals surface area contributed by atoms with Crippen molar-refractivity contribution in [3.8, 4) is 5.75 Å². The molecule has 204 valence electrons. The Labute approximate surface area is 229 Å². The standard InChI is InChI=1S/C31H36N4O4/c1-20-11-13-22(14-12-20)32-30(38)33-26-18-24(21-9-7-6-8-10-21)25-17-23(39-5)15-16-27(25)35(29(26)37)19-28(36)34-31(2,3)4/h6-17,24,26H,18-19H2,1-5H3,(H,34,36)(H2,32,33,38). The fourth-order valence-corrected chi connectivity index (χ4v) is 4.80. The van der Waals surface area contributed by atoms with Crippen molar-refractivity contribution in [2.24, 2.45) is 0 Å². The molecule has 2 unspecified atom stereocenters. The largest absolute Gasteiger partial charge is 0.497 e. The summed E-state index contributed by atoms with van der Waals surface area (Å²) in [6, 6.07) is 21.4. The van der Waals surface area contributed by atoms with Crippen molar-refractivity contribution in [2.75, 3.05) is 23.9 Å². The lowest BCUT2D eigenvalue weighted by Crippen LogP contribution is -2.53. The van der Waals surface area contributed by atoms with Crippen molar-refractivity contribution in [3.63, 3.8) is 0 Å². The van der Waals surface area contributed by atoms with Gasteiger partial charge in [0, 0.05) is 22.8 Å². The van der Waals surface area contributed by atoms with Gasteiger partial charge >= 0.3 is 6.03 Å². The van der Waals surface area contributed by atoms with Crippen LogP contribution in [0, 0.1) is 6.92 Å². The van der Waals surface area contributed by atoms with Crippen LogP contribution in [0.2, 0.25) is 0 Å². The molecule has 4 amide bonds. The molecule has 2 atom stereocenters. The second-order valence-corrected chi connectivity index (χ2v) is 10.9. The van der Waals surface area contributed by atoms with E-state index < -0.39 is 17.6 Å². The van der Waals surface area contributed by atoms with Crippen LogP contribution in [-0.4, -0.2) is 43.1 Å². The number of carbonyl (C=O) groups excluding carboxylic acids is 3. The number of anilines is 2. The zero-order valence-corrected chi connectivity index (χ0v) is 23.1. The average molecular weight is 529 g/mol. The van der Waals surface area contributed by atoms with Gasteiger partial charge in [-0.05, 0) is 75.6 Å². The zero-order chi connectivity index (χ0) is 28.2. The SMILES string of the molecule is COc1ccc2c(c1)C(c1ccccc1)CC(NC(=O)Nc1ccc(C)cc1)C(=O)N2CC(=O)NC(C)(C)C. The summed E-state index contributed by atoms with van der Waals surface area (Å²) in [7, 11) is 1.59. The van der Waals surface area contributed by atoms with E-state index in [2.05, 4.69) is 16.0 Å². The average Bonchev–Trinajstić information content (AvgIpc) is 2.99. The highest BCUT2D eigenvalue weighted by molar-refractivity contribution is 6.05. The van der Waals surface area contributed by atoms with E-state index in [0.29, 0.717) is 23.5 Å². The molecule has 8 heteroatoms. The fraction of sp³-hybridized carbons (Fsp3) is 0.323. The first-order valence-corrected chi connectivity index (χ1v) is 13.0. The molecule has 3 aromatic carbocycles. The molecule has 0 radical (unpaired) electrons. The maximum atomic E-state index is 14.0. The minimum Gasteiger partial charge on any atom is -0.497 e. The Hall–Kier alpha value is -4.33. The van der Waals surface area contributed by atoms with Crippen LogP contribution in [-0.2, 0) is 9.59 Å². The summed E-state index contributed by atoms with van der Waals surface area (Å²) in [6.45, 7) is 7.45. The van der Waals surface area contributed by atoms with Gasteiger partial charge in [0.1, 0.15) is 18.3 Å². The van der Waals surface area contributed by atoms with Crippen LogP contribution in [0.1, 0.15) is 49.8 Å². The number of hydrogen-bond donors (Lipinski definition) is 3. The second kappa shape index (κ2) is 11.6. The van der Waals surface area contributed by atoms with E-state index in [1.165, 1.54) is 4.90 Å². The molecule has 8 nitrogen and oxygen atoms in total. The third-order valence-electron chi connectivity index (χ3n) is 6.57. The van der Waals surface area contributed by atoms with Gasteiger partial charge in [-0.3, -0.25) is 9.59 Å². The number of rotatable bonds is 6. The van der Waals surface area contributed by atoms with Gasteiger partial charge in [0.15, 0.2) is 0 Å². The van der Waals surface area contributed by atoms with Gasteiger partial charge < -0.3 is 25.6 Å². The van der Waals surface area contributed by atoms with Crippen molar-refractivity contribution in [1.29, 1.82) is 0 Å². The van der Waals surface area contributed by atoms with Crippen molar-refractivity contribution >= 4 is 29.2 Å². The predicted octanol–water partition coefficient (Wildman–Crippen LogP) is 4.98. The van der Waals surface area contributed by atoms with Gasteiger partial charge in [-0.2, -0.15) is 0 Å². The third kappa shape index (κ3) is 6.96. The maximum absolute atomic E-state index is 14.0. The second-order valence-electron chi connectivity index (χ2n) is 10.9. The molecule has 1 heterocycles. The number of aryl methyl sites for hydroxylation is 1. The highest BCUT2D eigenvalue weighted by Gasteiger charge is 2.38. The Morgan fingerprint density at radius 3 is 2.33 bits per heavy atom. The third-order valence-corrected chi connectivity index (χ3v) is 6.57. The van der Waals surface area contributed by atoms with E-state index in [1.54, 1.807) is 19.2 Å². The summed E-state index contributed by atoms with van der Waals surface area (Å²) >= 11 is 0. The highest BCUT2D eigenvalue weighted by Crippen LogP contribution is 2.41. The summed E-state index contributed by atoms with van der Waals surface area (Å²) in [4.78, 5) is 41.6. The Balaban J connectivity index is 1.73. The minimum atomic E-state index is -0.888. The Morgan fingerprint density at radius 2 is 1.69 bits per heavy atom. The first-order chi connectivity index (χ1) is 18.5. The molecule has 0 aliphatic carbocycles. The van der Waals surface area contributed by atoms with E-state index in [9.17, 15) is 14.4 Å². The molecule has 0 spiro atoms. The molecular weight excluding hydrogens is 492 g/mol. The molecule has 1 aliphatic rings. The van der Waals surface area contributed by atoms with Crippen LogP contribution < -0.4 is 25.6 Å².